The smallest absolute Gasteiger partial charge is 0.0978 e. The lowest BCUT2D eigenvalue weighted by Crippen LogP contribution is -2.57. The second kappa shape index (κ2) is 5.49. The van der Waals surface area contributed by atoms with Crippen LogP contribution < -0.4 is 0 Å². The van der Waals surface area contributed by atoms with Gasteiger partial charge in [-0.3, -0.25) is 0 Å². The van der Waals surface area contributed by atoms with Gasteiger partial charge in [0.2, 0.25) is 0 Å². The first-order valence-electron chi connectivity index (χ1n) is 8.72. The maximum absolute atomic E-state index is 11.0. The van der Waals surface area contributed by atoms with Crippen LogP contribution in [-0.4, -0.2) is 21.4 Å². The molecule has 0 saturated heterocycles. The molecule has 22 heavy (non-hydrogen) atoms. The Morgan fingerprint density at radius 2 is 1.77 bits per heavy atom. The van der Waals surface area contributed by atoms with E-state index in [1.54, 1.807) is 13.0 Å². The third kappa shape index (κ3) is 3.05. The first-order chi connectivity index (χ1) is 9.95. The molecule has 0 amide bonds. The Morgan fingerprint density at radius 1 is 1.14 bits per heavy atom. The highest BCUT2D eigenvalue weighted by molar-refractivity contribution is 5.17. The molecule has 5 atom stereocenters. The fourth-order valence-electron chi connectivity index (χ4n) is 5.35. The minimum absolute atomic E-state index is 0.0738. The fraction of sp³-hybridized carbons (Fsp3) is 0.800. The number of hydrogen-bond acceptors (Lipinski definition) is 2. The Labute approximate surface area is 136 Å². The quantitative estimate of drug-likeness (QED) is 0.755. The minimum Gasteiger partial charge on any atom is -0.390 e. The van der Waals surface area contributed by atoms with Crippen LogP contribution in [0.5, 0.6) is 0 Å². The molecule has 2 aliphatic carbocycles. The Kier molecular flexibility index (Phi) is 4.43. The van der Waals surface area contributed by atoms with Crippen molar-refractivity contribution in [3.05, 3.63) is 24.8 Å². The van der Waals surface area contributed by atoms with Crippen molar-refractivity contribution in [3.8, 4) is 0 Å². The molecule has 0 heterocycles. The second-order valence-corrected chi connectivity index (χ2v) is 9.06. The Morgan fingerprint density at radius 3 is 2.36 bits per heavy atom. The summed E-state index contributed by atoms with van der Waals surface area (Å²) in [5.74, 6) is 0.696. The standard InChI is InChI=1S/C20H34O2/c1-7-18(4,21)13-9-16-19(5)12-8-11-17(2,3)15(19)10-14-20(16,6)22/h7,9,13,15-16,21-22H,1,8,10-12,14H2,2-6H3/b13-9+/t15-,16-,18-,19+,20-/m1/s1. The van der Waals surface area contributed by atoms with Crippen molar-refractivity contribution in [1.82, 2.24) is 0 Å². The van der Waals surface area contributed by atoms with E-state index in [1.165, 1.54) is 12.8 Å². The largest absolute Gasteiger partial charge is 0.390 e. The van der Waals surface area contributed by atoms with E-state index in [-0.39, 0.29) is 11.3 Å². The van der Waals surface area contributed by atoms with E-state index in [0.717, 1.165) is 19.3 Å². The van der Waals surface area contributed by atoms with E-state index in [1.807, 2.05) is 13.0 Å². The zero-order chi connectivity index (χ0) is 16.8. The molecule has 2 fully saturated rings. The summed E-state index contributed by atoms with van der Waals surface area (Å²) in [7, 11) is 0. The van der Waals surface area contributed by atoms with Gasteiger partial charge in [-0.1, -0.05) is 52.0 Å². The number of aliphatic hydroxyl groups is 2. The molecule has 0 unspecified atom stereocenters. The van der Waals surface area contributed by atoms with Crippen molar-refractivity contribution < 1.29 is 10.2 Å². The number of fused-ring (bicyclic) bond motifs is 1. The number of rotatable bonds is 3. The molecule has 2 rings (SSSR count). The van der Waals surface area contributed by atoms with Crippen LogP contribution in [-0.2, 0) is 0 Å². The Balaban J connectivity index is 2.40. The molecule has 2 N–H and O–H groups in total. The van der Waals surface area contributed by atoms with E-state index < -0.39 is 11.2 Å². The van der Waals surface area contributed by atoms with Gasteiger partial charge in [-0.15, -0.1) is 0 Å². The molecule has 126 valence electrons. The van der Waals surface area contributed by atoms with Gasteiger partial charge in [0.25, 0.3) is 0 Å². The van der Waals surface area contributed by atoms with E-state index in [4.69, 9.17) is 0 Å². The molecule has 2 nitrogen and oxygen atoms in total. The highest BCUT2D eigenvalue weighted by atomic mass is 16.3. The lowest BCUT2D eigenvalue weighted by Gasteiger charge is -2.60. The maximum Gasteiger partial charge on any atom is 0.0978 e. The molecule has 0 radical (unpaired) electrons. The average molecular weight is 306 g/mol. The lowest BCUT2D eigenvalue weighted by molar-refractivity contribution is -0.149. The van der Waals surface area contributed by atoms with Crippen molar-refractivity contribution in [1.29, 1.82) is 0 Å². The highest BCUT2D eigenvalue weighted by Gasteiger charge is 2.57. The van der Waals surface area contributed by atoms with Gasteiger partial charge in [0, 0.05) is 5.92 Å². The van der Waals surface area contributed by atoms with E-state index in [0.29, 0.717) is 11.3 Å². The van der Waals surface area contributed by atoms with Gasteiger partial charge in [-0.2, -0.15) is 0 Å². The predicted octanol–water partition coefficient (Wildman–Crippen LogP) is 4.47. The molecule has 0 aromatic heterocycles. The topological polar surface area (TPSA) is 40.5 Å². The first-order valence-corrected chi connectivity index (χ1v) is 8.72. The van der Waals surface area contributed by atoms with Crippen molar-refractivity contribution >= 4 is 0 Å². The lowest BCUT2D eigenvalue weighted by atomic mass is 9.45. The fourth-order valence-corrected chi connectivity index (χ4v) is 5.35. The summed E-state index contributed by atoms with van der Waals surface area (Å²) in [6, 6.07) is 0. The Bertz CT molecular complexity index is 458. The summed E-state index contributed by atoms with van der Waals surface area (Å²) in [5, 5.41) is 21.2. The van der Waals surface area contributed by atoms with Gasteiger partial charge in [0.05, 0.1) is 11.2 Å². The molecule has 0 bridgehead atoms. The molecule has 0 aliphatic heterocycles. The van der Waals surface area contributed by atoms with E-state index >= 15 is 0 Å². The van der Waals surface area contributed by atoms with Crippen LogP contribution >= 0.6 is 0 Å². The van der Waals surface area contributed by atoms with Crippen molar-refractivity contribution in [2.75, 3.05) is 0 Å². The SMILES string of the molecule is C=C[C@@](C)(O)/C=C/[C@@H]1[C@@]2(C)CCCC(C)(C)[C@H]2CC[C@@]1(C)O. The molecule has 0 aromatic rings. The van der Waals surface area contributed by atoms with Gasteiger partial charge in [-0.05, 0) is 56.3 Å². The van der Waals surface area contributed by atoms with Crippen molar-refractivity contribution in [2.24, 2.45) is 22.7 Å². The van der Waals surface area contributed by atoms with E-state index in [2.05, 4.69) is 33.4 Å². The summed E-state index contributed by atoms with van der Waals surface area (Å²) >= 11 is 0. The first kappa shape index (κ1) is 17.7. The monoisotopic (exact) mass is 306 g/mol. The molecular formula is C20H34O2. The molecule has 0 aromatic carbocycles. The zero-order valence-corrected chi connectivity index (χ0v) is 15.0. The van der Waals surface area contributed by atoms with Crippen LogP contribution in [0, 0.1) is 22.7 Å². The van der Waals surface area contributed by atoms with E-state index in [9.17, 15) is 10.2 Å². The second-order valence-electron chi connectivity index (χ2n) is 9.06. The normalized spacial score (nSPS) is 44.3. The molecule has 2 heteroatoms. The maximum atomic E-state index is 11.0. The summed E-state index contributed by atoms with van der Waals surface area (Å²) < 4.78 is 0. The van der Waals surface area contributed by atoms with Gasteiger partial charge >= 0.3 is 0 Å². The van der Waals surface area contributed by atoms with Crippen molar-refractivity contribution in [2.45, 2.75) is 77.9 Å². The zero-order valence-electron chi connectivity index (χ0n) is 15.0. The van der Waals surface area contributed by atoms with Gasteiger partial charge in [-0.25, -0.2) is 0 Å². The van der Waals surface area contributed by atoms with Crippen LogP contribution in [0.3, 0.4) is 0 Å². The van der Waals surface area contributed by atoms with Crippen LogP contribution in [0.4, 0.5) is 0 Å². The summed E-state index contributed by atoms with van der Waals surface area (Å²) in [4.78, 5) is 0. The summed E-state index contributed by atoms with van der Waals surface area (Å²) in [5.41, 5.74) is -1.29. The minimum atomic E-state index is -1.01. The Hall–Kier alpha value is -0.600. The average Bonchev–Trinajstić information content (AvgIpc) is 2.35. The van der Waals surface area contributed by atoms with Crippen LogP contribution in [0.25, 0.3) is 0 Å². The summed E-state index contributed by atoms with van der Waals surface area (Å²) in [6.07, 6.45) is 11.0. The molecule has 2 saturated carbocycles. The molecular weight excluding hydrogens is 272 g/mol. The highest BCUT2D eigenvalue weighted by Crippen LogP contribution is 2.62. The molecule has 0 spiro atoms. The van der Waals surface area contributed by atoms with Gasteiger partial charge < -0.3 is 10.2 Å². The van der Waals surface area contributed by atoms with Crippen LogP contribution in [0.1, 0.15) is 66.7 Å². The van der Waals surface area contributed by atoms with Crippen molar-refractivity contribution in [3.63, 3.8) is 0 Å². The third-order valence-corrected chi connectivity index (χ3v) is 6.63. The third-order valence-electron chi connectivity index (χ3n) is 6.63. The predicted molar refractivity (Wildman–Crippen MR) is 92.5 cm³/mol. The van der Waals surface area contributed by atoms with Crippen LogP contribution in [0.2, 0.25) is 0 Å². The van der Waals surface area contributed by atoms with Crippen LogP contribution in [0.15, 0.2) is 24.8 Å². The molecule has 2 aliphatic rings. The van der Waals surface area contributed by atoms with Gasteiger partial charge in [0.15, 0.2) is 0 Å². The summed E-state index contributed by atoms with van der Waals surface area (Å²) in [6.45, 7) is 14.5. The number of hydrogen-bond donors (Lipinski definition) is 2. The van der Waals surface area contributed by atoms with Gasteiger partial charge in [0.1, 0.15) is 0 Å².